The largest absolute Gasteiger partial charge is 0.488 e. The average Bonchev–Trinajstić information content (AvgIpc) is 3.39. The molecule has 0 amide bonds. The Balaban J connectivity index is 1.07. The van der Waals surface area contributed by atoms with Crippen molar-refractivity contribution >= 4 is 28.4 Å². The van der Waals surface area contributed by atoms with Gasteiger partial charge >= 0.3 is 0 Å². The molecule has 0 unspecified atom stereocenters. The van der Waals surface area contributed by atoms with Gasteiger partial charge in [-0.2, -0.15) is 4.39 Å². The number of halogens is 1. The Kier molecular flexibility index (Phi) is 7.87. The second-order valence-corrected chi connectivity index (χ2v) is 10.7. The SMILES string of the molecule is CN1CCC[C@H]1CNc1ncnc(N[C@H]2CC[C@@H](Oc3cc(N4CCOCC4)cc4nccnc34)CC2)c1F. The monoisotopic (exact) mass is 536 g/mol. The van der Waals surface area contributed by atoms with E-state index in [2.05, 4.69) is 59.5 Å². The molecule has 208 valence electrons. The number of rotatable bonds is 8. The molecule has 2 N–H and O–H groups in total. The number of hydrogen-bond donors (Lipinski definition) is 2. The van der Waals surface area contributed by atoms with Crippen molar-refractivity contribution in [3.05, 3.63) is 36.7 Å². The maximum absolute atomic E-state index is 15.2. The summed E-state index contributed by atoms with van der Waals surface area (Å²) in [4.78, 5) is 22.0. The van der Waals surface area contributed by atoms with Crippen molar-refractivity contribution in [3.8, 4) is 5.75 Å². The maximum Gasteiger partial charge on any atom is 0.207 e. The summed E-state index contributed by atoms with van der Waals surface area (Å²) in [6, 6.07) is 4.69. The number of fused-ring (bicyclic) bond motifs is 1. The van der Waals surface area contributed by atoms with Crippen molar-refractivity contribution < 1.29 is 13.9 Å². The molecule has 4 heterocycles. The number of ether oxygens (including phenoxy) is 2. The first-order valence-electron chi connectivity index (χ1n) is 14.1. The van der Waals surface area contributed by atoms with Gasteiger partial charge in [0.25, 0.3) is 0 Å². The zero-order chi connectivity index (χ0) is 26.6. The van der Waals surface area contributed by atoms with Gasteiger partial charge in [-0.05, 0) is 58.2 Å². The second kappa shape index (κ2) is 11.8. The van der Waals surface area contributed by atoms with Gasteiger partial charge in [-0.15, -0.1) is 0 Å². The molecule has 1 atom stereocenters. The van der Waals surface area contributed by atoms with Crippen LogP contribution in [0, 0.1) is 5.82 Å². The van der Waals surface area contributed by atoms with E-state index in [4.69, 9.17) is 9.47 Å². The topological polar surface area (TPSA) is 101 Å². The highest BCUT2D eigenvalue weighted by Crippen LogP contribution is 2.33. The fraction of sp³-hybridized carbons (Fsp3) is 0.571. The predicted molar refractivity (Wildman–Crippen MR) is 149 cm³/mol. The van der Waals surface area contributed by atoms with Gasteiger partial charge in [0.2, 0.25) is 5.82 Å². The van der Waals surface area contributed by atoms with Crippen LogP contribution in [-0.4, -0.2) is 89.5 Å². The van der Waals surface area contributed by atoms with Crippen molar-refractivity contribution in [1.82, 2.24) is 24.8 Å². The first kappa shape index (κ1) is 25.9. The number of nitrogens with zero attached hydrogens (tertiary/aromatic N) is 6. The summed E-state index contributed by atoms with van der Waals surface area (Å²) < 4.78 is 27.2. The molecule has 3 fully saturated rings. The van der Waals surface area contributed by atoms with Gasteiger partial charge in [0.1, 0.15) is 17.6 Å². The predicted octanol–water partition coefficient (Wildman–Crippen LogP) is 3.70. The van der Waals surface area contributed by atoms with E-state index in [0.717, 1.165) is 74.2 Å². The van der Waals surface area contributed by atoms with Crippen LogP contribution in [0.25, 0.3) is 11.0 Å². The van der Waals surface area contributed by atoms with E-state index in [0.29, 0.717) is 25.8 Å². The molecule has 1 aromatic carbocycles. The lowest BCUT2D eigenvalue weighted by molar-refractivity contribution is 0.122. The molecule has 2 saturated heterocycles. The quantitative estimate of drug-likeness (QED) is 0.443. The van der Waals surface area contributed by atoms with Crippen LogP contribution in [0.1, 0.15) is 38.5 Å². The highest BCUT2D eigenvalue weighted by Gasteiger charge is 2.26. The highest BCUT2D eigenvalue weighted by molar-refractivity contribution is 5.85. The van der Waals surface area contributed by atoms with E-state index in [-0.39, 0.29) is 23.8 Å². The molecule has 39 heavy (non-hydrogen) atoms. The van der Waals surface area contributed by atoms with Gasteiger partial charge in [-0.3, -0.25) is 4.98 Å². The van der Waals surface area contributed by atoms with Crippen LogP contribution >= 0.6 is 0 Å². The zero-order valence-electron chi connectivity index (χ0n) is 22.5. The Morgan fingerprint density at radius 3 is 2.56 bits per heavy atom. The molecule has 1 saturated carbocycles. The Morgan fingerprint density at radius 1 is 0.974 bits per heavy atom. The first-order valence-corrected chi connectivity index (χ1v) is 14.1. The summed E-state index contributed by atoms with van der Waals surface area (Å²) in [5.41, 5.74) is 2.69. The molecular formula is C28H37FN8O2. The van der Waals surface area contributed by atoms with Crippen molar-refractivity contribution in [2.45, 2.75) is 56.7 Å². The molecule has 1 aliphatic carbocycles. The third kappa shape index (κ3) is 5.99. The number of nitrogens with one attached hydrogen (secondary N) is 2. The van der Waals surface area contributed by atoms with Crippen LogP contribution in [0.15, 0.2) is 30.9 Å². The molecule has 11 heteroatoms. The fourth-order valence-corrected chi connectivity index (χ4v) is 5.87. The zero-order valence-corrected chi connectivity index (χ0v) is 22.5. The minimum Gasteiger partial charge on any atom is -0.488 e. The third-order valence-corrected chi connectivity index (χ3v) is 8.17. The van der Waals surface area contributed by atoms with E-state index < -0.39 is 5.82 Å². The number of likely N-dealkylation sites (tertiary alicyclic amines) is 1. The number of anilines is 3. The van der Waals surface area contributed by atoms with Crippen molar-refractivity contribution in [2.24, 2.45) is 0 Å². The smallest absolute Gasteiger partial charge is 0.207 e. The standard InChI is InChI=1S/C28H37FN8O2/c1-36-10-2-3-20(36)17-32-27-25(29)28(34-18-33-27)35-19-4-6-22(7-5-19)39-24-16-21(37-11-13-38-14-12-37)15-23-26(24)31-9-8-30-23/h8-9,15-16,18-20,22H,2-7,10-14,17H2,1H3,(H2,32,33,34,35)/t19-,20-,22+/m0/s1. The second-order valence-electron chi connectivity index (χ2n) is 10.7. The van der Waals surface area contributed by atoms with Crippen LogP contribution < -0.4 is 20.3 Å². The minimum atomic E-state index is -0.415. The van der Waals surface area contributed by atoms with Gasteiger partial charge in [0, 0.05) is 55.9 Å². The van der Waals surface area contributed by atoms with E-state index in [1.54, 1.807) is 12.4 Å². The number of morpholine rings is 1. The van der Waals surface area contributed by atoms with E-state index >= 15 is 4.39 Å². The first-order chi connectivity index (χ1) is 19.1. The van der Waals surface area contributed by atoms with E-state index in [1.165, 1.54) is 12.7 Å². The number of benzene rings is 1. The fourth-order valence-electron chi connectivity index (χ4n) is 5.87. The van der Waals surface area contributed by atoms with Gasteiger partial charge < -0.3 is 29.9 Å². The number of likely N-dealkylation sites (N-methyl/N-ethyl adjacent to an activating group) is 1. The Hall–Kier alpha value is -3.31. The van der Waals surface area contributed by atoms with Crippen molar-refractivity contribution in [1.29, 1.82) is 0 Å². The molecular weight excluding hydrogens is 499 g/mol. The lowest BCUT2D eigenvalue weighted by Crippen LogP contribution is -2.36. The lowest BCUT2D eigenvalue weighted by Gasteiger charge is -2.31. The van der Waals surface area contributed by atoms with Crippen LogP contribution in [0.5, 0.6) is 5.75 Å². The van der Waals surface area contributed by atoms with E-state index in [1.807, 2.05) is 0 Å². The van der Waals surface area contributed by atoms with E-state index in [9.17, 15) is 0 Å². The normalized spacial score (nSPS) is 24.2. The van der Waals surface area contributed by atoms with Gasteiger partial charge in [0.05, 0.1) is 24.8 Å². The molecule has 10 nitrogen and oxygen atoms in total. The molecule has 2 aromatic heterocycles. The minimum absolute atomic E-state index is 0.0593. The highest BCUT2D eigenvalue weighted by atomic mass is 19.1. The van der Waals surface area contributed by atoms with Crippen LogP contribution in [-0.2, 0) is 4.74 Å². The summed E-state index contributed by atoms with van der Waals surface area (Å²) in [6.45, 7) is 4.88. The summed E-state index contributed by atoms with van der Waals surface area (Å²) in [5.74, 6) is 0.875. The molecule has 0 bridgehead atoms. The Bertz CT molecular complexity index is 1270. The molecule has 2 aliphatic heterocycles. The summed E-state index contributed by atoms with van der Waals surface area (Å²) in [5, 5.41) is 6.51. The molecule has 3 aromatic rings. The van der Waals surface area contributed by atoms with Crippen molar-refractivity contribution in [2.75, 3.05) is 62.0 Å². The Labute approximate surface area is 228 Å². The number of aromatic nitrogens is 4. The average molecular weight is 537 g/mol. The molecule has 0 radical (unpaired) electrons. The van der Waals surface area contributed by atoms with Gasteiger partial charge in [0.15, 0.2) is 11.6 Å². The Morgan fingerprint density at radius 2 is 1.77 bits per heavy atom. The van der Waals surface area contributed by atoms with Gasteiger partial charge in [-0.1, -0.05) is 0 Å². The summed E-state index contributed by atoms with van der Waals surface area (Å²) in [6.07, 6.45) is 10.6. The number of hydrogen-bond acceptors (Lipinski definition) is 10. The van der Waals surface area contributed by atoms with Crippen molar-refractivity contribution in [3.63, 3.8) is 0 Å². The summed E-state index contributed by atoms with van der Waals surface area (Å²) in [7, 11) is 2.11. The molecule has 0 spiro atoms. The summed E-state index contributed by atoms with van der Waals surface area (Å²) >= 11 is 0. The molecule has 6 rings (SSSR count). The lowest BCUT2D eigenvalue weighted by atomic mass is 9.93. The van der Waals surface area contributed by atoms with Crippen LogP contribution in [0.3, 0.4) is 0 Å². The van der Waals surface area contributed by atoms with Gasteiger partial charge in [-0.25, -0.2) is 15.0 Å². The maximum atomic E-state index is 15.2. The molecule has 3 aliphatic rings. The van der Waals surface area contributed by atoms with Crippen LogP contribution in [0.4, 0.5) is 21.7 Å². The van der Waals surface area contributed by atoms with Crippen LogP contribution in [0.2, 0.25) is 0 Å². The third-order valence-electron chi connectivity index (χ3n) is 8.17.